The van der Waals surface area contributed by atoms with E-state index in [1.165, 1.54) is 167 Å². The average molecular weight is 824 g/mol. The number of ether oxygens (including phenoxy) is 2. The lowest BCUT2D eigenvalue weighted by atomic mass is 9.99. The summed E-state index contributed by atoms with van der Waals surface area (Å²) in [6, 6.07) is -0.802. The number of amides is 1. The molecule has 9 heteroatoms. The van der Waals surface area contributed by atoms with Crippen LogP contribution >= 0.6 is 0 Å². The molecular weight excluding hydrogens is 731 g/mol. The zero-order valence-electron chi connectivity index (χ0n) is 37.6. The van der Waals surface area contributed by atoms with Crippen molar-refractivity contribution in [3.63, 3.8) is 0 Å². The Morgan fingerprint density at radius 1 is 0.569 bits per heavy atom. The minimum absolute atomic E-state index is 0.180. The van der Waals surface area contributed by atoms with Gasteiger partial charge in [0.1, 0.15) is 24.4 Å². The van der Waals surface area contributed by atoms with Crippen molar-refractivity contribution in [1.29, 1.82) is 0 Å². The van der Waals surface area contributed by atoms with E-state index in [-0.39, 0.29) is 12.5 Å². The van der Waals surface area contributed by atoms with Gasteiger partial charge in [-0.25, -0.2) is 0 Å². The van der Waals surface area contributed by atoms with Crippen molar-refractivity contribution in [1.82, 2.24) is 5.32 Å². The summed E-state index contributed by atoms with van der Waals surface area (Å²) >= 11 is 0. The molecular formula is C49H93NO8. The molecule has 0 aromatic heterocycles. The van der Waals surface area contributed by atoms with Gasteiger partial charge in [-0.15, -0.1) is 0 Å². The maximum Gasteiger partial charge on any atom is 0.220 e. The number of allylic oxidation sites excluding steroid dienone is 3. The molecule has 0 radical (unpaired) electrons. The largest absolute Gasteiger partial charge is 0.394 e. The number of aliphatic hydroxyl groups excluding tert-OH is 5. The summed E-state index contributed by atoms with van der Waals surface area (Å²) in [5.74, 6) is -0.180. The fourth-order valence-corrected chi connectivity index (χ4v) is 7.80. The van der Waals surface area contributed by atoms with Crippen LogP contribution < -0.4 is 5.32 Å². The maximum absolute atomic E-state index is 13.0. The van der Waals surface area contributed by atoms with E-state index in [1.54, 1.807) is 6.08 Å². The second kappa shape index (κ2) is 39.8. The zero-order valence-corrected chi connectivity index (χ0v) is 37.6. The van der Waals surface area contributed by atoms with Crippen LogP contribution in [0.3, 0.4) is 0 Å². The van der Waals surface area contributed by atoms with E-state index in [2.05, 4.69) is 31.3 Å². The minimum atomic E-state index is -1.56. The monoisotopic (exact) mass is 824 g/mol. The minimum Gasteiger partial charge on any atom is -0.394 e. The molecule has 1 heterocycles. The van der Waals surface area contributed by atoms with E-state index in [1.807, 2.05) is 6.08 Å². The molecule has 342 valence electrons. The fourth-order valence-electron chi connectivity index (χ4n) is 7.80. The Kier molecular flexibility index (Phi) is 37.5. The van der Waals surface area contributed by atoms with E-state index >= 15 is 0 Å². The Morgan fingerprint density at radius 2 is 0.966 bits per heavy atom. The van der Waals surface area contributed by atoms with Crippen molar-refractivity contribution in [2.75, 3.05) is 13.2 Å². The highest BCUT2D eigenvalue weighted by Crippen LogP contribution is 2.23. The van der Waals surface area contributed by atoms with E-state index in [9.17, 15) is 30.3 Å². The van der Waals surface area contributed by atoms with Gasteiger partial charge in [0.2, 0.25) is 5.91 Å². The Balaban J connectivity index is 2.24. The van der Waals surface area contributed by atoms with Crippen molar-refractivity contribution in [2.24, 2.45) is 0 Å². The van der Waals surface area contributed by atoms with E-state index in [0.29, 0.717) is 6.42 Å². The van der Waals surface area contributed by atoms with Crippen LogP contribution in [0.2, 0.25) is 0 Å². The van der Waals surface area contributed by atoms with Gasteiger partial charge in [-0.1, -0.05) is 199 Å². The van der Waals surface area contributed by atoms with Crippen LogP contribution in [0.25, 0.3) is 0 Å². The highest BCUT2D eigenvalue weighted by Gasteiger charge is 2.44. The summed E-state index contributed by atoms with van der Waals surface area (Å²) in [6.07, 6.45) is 40.9. The molecule has 0 spiro atoms. The van der Waals surface area contributed by atoms with Crippen molar-refractivity contribution in [3.05, 3.63) is 24.3 Å². The van der Waals surface area contributed by atoms with E-state index < -0.39 is 49.5 Å². The molecule has 1 amide bonds. The molecule has 1 fully saturated rings. The molecule has 0 bridgehead atoms. The molecule has 7 unspecified atom stereocenters. The third-order valence-electron chi connectivity index (χ3n) is 11.8. The van der Waals surface area contributed by atoms with Crippen LogP contribution in [0.15, 0.2) is 24.3 Å². The lowest BCUT2D eigenvalue weighted by molar-refractivity contribution is -0.302. The number of hydrogen-bond acceptors (Lipinski definition) is 8. The van der Waals surface area contributed by atoms with Gasteiger partial charge in [0, 0.05) is 6.42 Å². The number of carbonyl (C=O) groups is 1. The van der Waals surface area contributed by atoms with Gasteiger partial charge in [0.15, 0.2) is 6.29 Å². The predicted octanol–water partition coefficient (Wildman–Crippen LogP) is 10.7. The van der Waals surface area contributed by atoms with Gasteiger partial charge >= 0.3 is 0 Å². The molecule has 1 rings (SSSR count). The van der Waals surface area contributed by atoms with E-state index in [4.69, 9.17) is 9.47 Å². The molecule has 7 atom stereocenters. The SMILES string of the molecule is CCCCCCCCCCC/C=C/C(O)C(COC1OC(CO)C(O)C(O)C1O)NC(=O)CCCCCCCCCC/C=C\CCCCCCCCCCCCCC. The molecule has 0 aromatic carbocycles. The number of unbranched alkanes of at least 4 members (excludes halogenated alkanes) is 29. The van der Waals surface area contributed by atoms with Gasteiger partial charge in [-0.3, -0.25) is 4.79 Å². The summed E-state index contributed by atoms with van der Waals surface area (Å²) in [4.78, 5) is 13.0. The topological polar surface area (TPSA) is 149 Å². The number of rotatable bonds is 41. The average Bonchev–Trinajstić information content (AvgIpc) is 3.22. The third kappa shape index (κ3) is 29.8. The standard InChI is InChI=1S/C49H93NO8/c1-3-5-7-9-11-13-15-16-17-18-19-20-21-22-23-24-25-26-27-29-31-33-35-37-39-45(53)50-42(41-57-49-48(56)47(55)46(54)44(40-51)58-49)43(52)38-36-34-32-30-28-14-12-10-8-6-4-2/h22-23,36,38,42-44,46-49,51-52,54-56H,3-21,24-35,37,39-41H2,1-2H3,(H,50,53)/b23-22-,38-36+. The number of carbonyl (C=O) groups excluding carboxylic acids is 1. The smallest absolute Gasteiger partial charge is 0.220 e. The second-order valence-electron chi connectivity index (χ2n) is 17.3. The van der Waals surface area contributed by atoms with Gasteiger partial charge < -0.3 is 40.3 Å². The van der Waals surface area contributed by atoms with Crippen LogP contribution in [0, 0.1) is 0 Å². The van der Waals surface area contributed by atoms with Crippen LogP contribution in [-0.4, -0.2) is 87.5 Å². The van der Waals surface area contributed by atoms with Crippen molar-refractivity contribution >= 4 is 5.91 Å². The molecule has 1 aliphatic rings. The summed E-state index contributed by atoms with van der Waals surface area (Å²) in [5.41, 5.74) is 0. The molecule has 58 heavy (non-hydrogen) atoms. The Morgan fingerprint density at radius 3 is 1.40 bits per heavy atom. The summed E-state index contributed by atoms with van der Waals surface area (Å²) in [5, 5.41) is 54.1. The fraction of sp³-hybridized carbons (Fsp3) is 0.898. The maximum atomic E-state index is 13.0. The quantitative estimate of drug-likeness (QED) is 0.0264. The molecule has 9 nitrogen and oxygen atoms in total. The third-order valence-corrected chi connectivity index (χ3v) is 11.8. The van der Waals surface area contributed by atoms with Crippen LogP contribution in [0.5, 0.6) is 0 Å². The van der Waals surface area contributed by atoms with Crippen molar-refractivity contribution < 1.29 is 39.8 Å². The van der Waals surface area contributed by atoms with Gasteiger partial charge in [0.05, 0.1) is 25.4 Å². The van der Waals surface area contributed by atoms with Gasteiger partial charge in [-0.05, 0) is 44.9 Å². The Bertz CT molecular complexity index is 961. The molecule has 1 aliphatic heterocycles. The lowest BCUT2D eigenvalue weighted by Crippen LogP contribution is -2.60. The first kappa shape index (κ1) is 54.7. The Hall–Kier alpha value is -1.33. The first-order chi connectivity index (χ1) is 28.3. The number of aliphatic hydroxyl groups is 5. The highest BCUT2D eigenvalue weighted by atomic mass is 16.7. The normalized spacial score (nSPS) is 21.0. The molecule has 0 saturated carbocycles. The van der Waals surface area contributed by atoms with Crippen LogP contribution in [0.1, 0.15) is 226 Å². The summed E-state index contributed by atoms with van der Waals surface area (Å²) in [6.45, 7) is 3.77. The Labute approximate surface area is 356 Å². The van der Waals surface area contributed by atoms with E-state index in [0.717, 1.165) is 38.5 Å². The number of hydrogen-bond donors (Lipinski definition) is 6. The molecule has 6 N–H and O–H groups in total. The zero-order chi connectivity index (χ0) is 42.3. The first-order valence-electron chi connectivity index (χ1n) is 24.6. The van der Waals surface area contributed by atoms with Crippen LogP contribution in [-0.2, 0) is 14.3 Å². The second-order valence-corrected chi connectivity index (χ2v) is 17.3. The van der Waals surface area contributed by atoms with Gasteiger partial charge in [0.25, 0.3) is 0 Å². The van der Waals surface area contributed by atoms with Gasteiger partial charge in [-0.2, -0.15) is 0 Å². The summed E-state index contributed by atoms with van der Waals surface area (Å²) < 4.78 is 11.2. The highest BCUT2D eigenvalue weighted by molar-refractivity contribution is 5.76. The predicted molar refractivity (Wildman–Crippen MR) is 240 cm³/mol. The molecule has 1 saturated heterocycles. The lowest BCUT2D eigenvalue weighted by Gasteiger charge is -2.40. The molecule has 0 aliphatic carbocycles. The van der Waals surface area contributed by atoms with Crippen LogP contribution in [0.4, 0.5) is 0 Å². The number of nitrogens with one attached hydrogen (secondary N) is 1. The first-order valence-corrected chi connectivity index (χ1v) is 24.6. The van der Waals surface area contributed by atoms with Crippen molar-refractivity contribution in [3.8, 4) is 0 Å². The summed E-state index contributed by atoms with van der Waals surface area (Å²) in [7, 11) is 0. The van der Waals surface area contributed by atoms with Crippen molar-refractivity contribution in [2.45, 2.75) is 269 Å². The molecule has 0 aromatic rings.